The largest absolute Gasteiger partial charge is 0.344 e. The van der Waals surface area contributed by atoms with Gasteiger partial charge in [0.25, 0.3) is 0 Å². The Morgan fingerprint density at radius 2 is 1.60 bits per heavy atom. The van der Waals surface area contributed by atoms with Crippen LogP contribution < -0.4 is 0 Å². The van der Waals surface area contributed by atoms with Crippen molar-refractivity contribution in [2.45, 2.75) is 25.9 Å². The van der Waals surface area contributed by atoms with E-state index in [0.717, 1.165) is 16.7 Å². The van der Waals surface area contributed by atoms with Crippen molar-refractivity contribution < 1.29 is 9.47 Å². The number of hydrogen-bond acceptors (Lipinski definition) is 2. The topological polar surface area (TPSA) is 18.5 Å². The highest BCUT2D eigenvalue weighted by molar-refractivity contribution is 5.26. The Morgan fingerprint density at radius 1 is 0.950 bits per heavy atom. The summed E-state index contributed by atoms with van der Waals surface area (Å²) in [5, 5.41) is 0. The fourth-order valence-corrected chi connectivity index (χ4v) is 2.33. The minimum Gasteiger partial charge on any atom is -0.344 e. The van der Waals surface area contributed by atoms with Gasteiger partial charge in [-0.15, -0.1) is 0 Å². The molecule has 0 saturated carbocycles. The normalized spacial score (nSPS) is 21.8. The van der Waals surface area contributed by atoms with E-state index < -0.39 is 0 Å². The summed E-state index contributed by atoms with van der Waals surface area (Å²) < 4.78 is 11.8. The highest BCUT2D eigenvalue weighted by Crippen LogP contribution is 2.31. The van der Waals surface area contributed by atoms with Gasteiger partial charge in [-0.05, 0) is 29.7 Å². The molecule has 0 spiro atoms. The van der Waals surface area contributed by atoms with Crippen molar-refractivity contribution in [3.63, 3.8) is 0 Å². The number of ether oxygens (including phenoxy) is 2. The van der Waals surface area contributed by atoms with E-state index in [1.807, 2.05) is 36.4 Å². The van der Waals surface area contributed by atoms with Gasteiger partial charge in [-0.3, -0.25) is 0 Å². The number of rotatable bonds is 4. The third kappa shape index (κ3) is 2.98. The van der Waals surface area contributed by atoms with Crippen molar-refractivity contribution in [2.75, 3.05) is 0 Å². The van der Waals surface area contributed by atoms with Gasteiger partial charge in [0.15, 0.2) is 6.29 Å². The van der Waals surface area contributed by atoms with Crippen LogP contribution in [0.15, 0.2) is 72.3 Å². The Bertz CT molecular complexity index is 575. The molecule has 0 radical (unpaired) electrons. The molecule has 0 fully saturated rings. The van der Waals surface area contributed by atoms with Crippen molar-refractivity contribution in [3.8, 4) is 0 Å². The molecule has 0 amide bonds. The maximum absolute atomic E-state index is 5.97. The first-order valence-electron chi connectivity index (χ1n) is 6.87. The molecule has 2 aromatic carbocycles. The second kappa shape index (κ2) is 6.04. The van der Waals surface area contributed by atoms with Crippen LogP contribution in [0.4, 0.5) is 0 Å². The third-order valence-corrected chi connectivity index (χ3v) is 3.43. The zero-order chi connectivity index (χ0) is 13.8. The Hall–Kier alpha value is -1.90. The lowest BCUT2D eigenvalue weighted by Crippen LogP contribution is -2.14. The van der Waals surface area contributed by atoms with Gasteiger partial charge < -0.3 is 9.47 Å². The lowest BCUT2D eigenvalue weighted by molar-refractivity contribution is -0.131. The lowest BCUT2D eigenvalue weighted by Gasteiger charge is -2.16. The standard InChI is InChI=1S/C18H18O2/c1-14-12-17(16-10-6-3-7-11-16)20-18(14)19-13-15-8-4-2-5-9-15/h2-12,17-18H,13H2,1H3. The average molecular weight is 266 g/mol. The molecule has 2 nitrogen and oxygen atoms in total. The van der Waals surface area contributed by atoms with Crippen molar-refractivity contribution in [3.05, 3.63) is 83.4 Å². The second-order valence-corrected chi connectivity index (χ2v) is 5.01. The maximum Gasteiger partial charge on any atom is 0.181 e. The summed E-state index contributed by atoms with van der Waals surface area (Å²) >= 11 is 0. The summed E-state index contributed by atoms with van der Waals surface area (Å²) in [5.41, 5.74) is 3.46. The highest BCUT2D eigenvalue weighted by Gasteiger charge is 2.25. The average Bonchev–Trinajstić information content (AvgIpc) is 2.88. The SMILES string of the molecule is CC1=CC(c2ccccc2)OC1OCc1ccccc1. The molecular formula is C18H18O2. The molecule has 1 heterocycles. The van der Waals surface area contributed by atoms with Gasteiger partial charge in [0.2, 0.25) is 0 Å². The van der Waals surface area contributed by atoms with Crippen LogP contribution in [0.1, 0.15) is 24.2 Å². The van der Waals surface area contributed by atoms with E-state index >= 15 is 0 Å². The smallest absolute Gasteiger partial charge is 0.181 e. The fourth-order valence-electron chi connectivity index (χ4n) is 2.33. The maximum atomic E-state index is 5.97. The fraction of sp³-hybridized carbons (Fsp3) is 0.222. The highest BCUT2D eigenvalue weighted by atomic mass is 16.7. The van der Waals surface area contributed by atoms with Crippen LogP contribution in [0.5, 0.6) is 0 Å². The predicted octanol–water partition coefficient (Wildman–Crippen LogP) is 4.25. The van der Waals surface area contributed by atoms with E-state index in [0.29, 0.717) is 6.61 Å². The van der Waals surface area contributed by atoms with Gasteiger partial charge >= 0.3 is 0 Å². The minimum absolute atomic E-state index is 0.00280. The van der Waals surface area contributed by atoms with E-state index in [2.05, 4.69) is 37.3 Å². The Balaban J connectivity index is 1.62. The Kier molecular flexibility index (Phi) is 3.95. The zero-order valence-corrected chi connectivity index (χ0v) is 11.5. The molecule has 0 saturated heterocycles. The van der Waals surface area contributed by atoms with Crippen LogP contribution in [-0.4, -0.2) is 6.29 Å². The summed E-state index contributed by atoms with van der Waals surface area (Å²) in [7, 11) is 0. The van der Waals surface area contributed by atoms with Gasteiger partial charge in [-0.2, -0.15) is 0 Å². The summed E-state index contributed by atoms with van der Waals surface area (Å²) in [6.45, 7) is 2.62. The van der Waals surface area contributed by atoms with Crippen LogP contribution in [0.25, 0.3) is 0 Å². The van der Waals surface area contributed by atoms with E-state index in [4.69, 9.17) is 9.47 Å². The molecule has 2 aromatic rings. The lowest BCUT2D eigenvalue weighted by atomic mass is 10.1. The van der Waals surface area contributed by atoms with Gasteiger partial charge in [-0.1, -0.05) is 60.7 Å². The first-order valence-corrected chi connectivity index (χ1v) is 6.87. The predicted molar refractivity (Wildman–Crippen MR) is 79.0 cm³/mol. The van der Waals surface area contributed by atoms with Crippen LogP contribution in [0.2, 0.25) is 0 Å². The first kappa shape index (κ1) is 13.1. The molecular weight excluding hydrogens is 248 g/mol. The van der Waals surface area contributed by atoms with E-state index in [1.165, 1.54) is 0 Å². The minimum atomic E-state index is -0.250. The van der Waals surface area contributed by atoms with Crippen molar-refractivity contribution in [1.29, 1.82) is 0 Å². The van der Waals surface area contributed by atoms with Crippen LogP contribution >= 0.6 is 0 Å². The molecule has 3 rings (SSSR count). The van der Waals surface area contributed by atoms with E-state index in [9.17, 15) is 0 Å². The monoisotopic (exact) mass is 266 g/mol. The summed E-state index contributed by atoms with van der Waals surface area (Å²) in [4.78, 5) is 0. The molecule has 2 heteroatoms. The van der Waals surface area contributed by atoms with Crippen molar-refractivity contribution in [1.82, 2.24) is 0 Å². The molecule has 1 aliphatic rings. The van der Waals surface area contributed by atoms with E-state index in [1.54, 1.807) is 0 Å². The molecule has 0 N–H and O–H groups in total. The molecule has 0 aliphatic carbocycles. The number of hydrogen-bond donors (Lipinski definition) is 0. The number of benzene rings is 2. The third-order valence-electron chi connectivity index (χ3n) is 3.43. The summed E-state index contributed by atoms with van der Waals surface area (Å²) in [6, 6.07) is 20.4. The van der Waals surface area contributed by atoms with Gasteiger partial charge in [0.05, 0.1) is 6.61 Å². The van der Waals surface area contributed by atoms with Gasteiger partial charge in [-0.25, -0.2) is 0 Å². The van der Waals surface area contributed by atoms with E-state index in [-0.39, 0.29) is 12.4 Å². The van der Waals surface area contributed by atoms with Crippen LogP contribution in [0, 0.1) is 0 Å². The van der Waals surface area contributed by atoms with Gasteiger partial charge in [0, 0.05) is 0 Å². The quantitative estimate of drug-likeness (QED) is 0.770. The summed E-state index contributed by atoms with van der Waals surface area (Å²) in [5.74, 6) is 0. The molecule has 2 unspecified atom stereocenters. The van der Waals surface area contributed by atoms with Crippen molar-refractivity contribution >= 4 is 0 Å². The molecule has 102 valence electrons. The molecule has 0 bridgehead atoms. The summed E-state index contributed by atoms with van der Waals surface area (Å²) in [6.07, 6.45) is 1.88. The molecule has 1 aliphatic heterocycles. The van der Waals surface area contributed by atoms with Gasteiger partial charge in [0.1, 0.15) is 6.10 Å². The Morgan fingerprint density at radius 3 is 2.30 bits per heavy atom. The van der Waals surface area contributed by atoms with Crippen LogP contribution in [0.3, 0.4) is 0 Å². The molecule has 2 atom stereocenters. The second-order valence-electron chi connectivity index (χ2n) is 5.01. The zero-order valence-electron chi connectivity index (χ0n) is 11.5. The van der Waals surface area contributed by atoms with Crippen LogP contribution in [-0.2, 0) is 16.1 Å². The first-order chi connectivity index (χ1) is 9.83. The molecule has 0 aromatic heterocycles. The molecule has 20 heavy (non-hydrogen) atoms. The van der Waals surface area contributed by atoms with Crippen molar-refractivity contribution in [2.24, 2.45) is 0 Å². The Labute approximate surface area is 119 Å².